The second kappa shape index (κ2) is 5.07. The van der Waals surface area contributed by atoms with Crippen molar-refractivity contribution in [1.82, 2.24) is 9.97 Å². The summed E-state index contributed by atoms with van der Waals surface area (Å²) in [5, 5.41) is 15.2. The van der Waals surface area contributed by atoms with Crippen molar-refractivity contribution in [3.63, 3.8) is 0 Å². The molecule has 0 spiro atoms. The Morgan fingerprint density at radius 3 is 2.90 bits per heavy atom. The molecule has 0 aliphatic heterocycles. The summed E-state index contributed by atoms with van der Waals surface area (Å²) in [5.74, 6) is 1.82. The van der Waals surface area contributed by atoms with Gasteiger partial charge in [0.1, 0.15) is 23.0 Å². The number of hydrogen-bond donors (Lipinski definition) is 3. The fourth-order valence-electron chi connectivity index (χ4n) is 2.64. The first-order chi connectivity index (χ1) is 9.54. The van der Waals surface area contributed by atoms with Crippen molar-refractivity contribution in [3.8, 4) is 0 Å². The second-order valence-electron chi connectivity index (χ2n) is 5.43. The zero-order valence-electron chi connectivity index (χ0n) is 11.2. The number of hydrogen-bond acceptors (Lipinski definition) is 5. The normalized spacial score (nSPS) is 23.4. The molecule has 2 aromatic heterocycles. The largest absolute Gasteiger partial charge is 0.383 e. The van der Waals surface area contributed by atoms with Gasteiger partial charge in [-0.15, -0.1) is 0 Å². The lowest BCUT2D eigenvalue weighted by Gasteiger charge is -2.37. The van der Waals surface area contributed by atoms with E-state index in [2.05, 4.69) is 22.2 Å². The van der Waals surface area contributed by atoms with Gasteiger partial charge in [-0.1, -0.05) is 18.5 Å². The minimum absolute atomic E-state index is 0.290. The number of nitrogens with one attached hydrogen (secondary N) is 1. The number of pyridine rings is 2. The van der Waals surface area contributed by atoms with Crippen LogP contribution in [0.4, 0.5) is 11.6 Å². The number of halogens is 1. The Balaban J connectivity index is 1.85. The first kappa shape index (κ1) is 13.4. The summed E-state index contributed by atoms with van der Waals surface area (Å²) in [7, 11) is 0. The van der Waals surface area contributed by atoms with E-state index in [1.807, 2.05) is 6.07 Å². The molecule has 106 valence electrons. The van der Waals surface area contributed by atoms with E-state index < -0.39 is 6.23 Å². The van der Waals surface area contributed by atoms with Crippen LogP contribution in [0.2, 0.25) is 5.15 Å². The third-order valence-corrected chi connectivity index (χ3v) is 4.29. The monoisotopic (exact) mass is 292 g/mol. The summed E-state index contributed by atoms with van der Waals surface area (Å²) < 4.78 is 0. The number of anilines is 2. The van der Waals surface area contributed by atoms with Crippen LogP contribution in [-0.2, 0) is 0 Å². The summed E-state index contributed by atoms with van der Waals surface area (Å²) in [4.78, 5) is 8.26. The molecule has 0 radical (unpaired) electrons. The maximum absolute atomic E-state index is 10.2. The van der Waals surface area contributed by atoms with Crippen molar-refractivity contribution in [1.29, 1.82) is 0 Å². The summed E-state index contributed by atoms with van der Waals surface area (Å²) in [6, 6.07) is 3.56. The van der Waals surface area contributed by atoms with Gasteiger partial charge in [-0.05, 0) is 36.3 Å². The van der Waals surface area contributed by atoms with E-state index in [4.69, 9.17) is 17.3 Å². The van der Waals surface area contributed by atoms with Crippen molar-refractivity contribution >= 4 is 34.0 Å². The molecule has 3 atom stereocenters. The molecule has 0 bridgehead atoms. The van der Waals surface area contributed by atoms with Gasteiger partial charge in [-0.25, -0.2) is 9.97 Å². The first-order valence-electron chi connectivity index (χ1n) is 6.71. The zero-order valence-corrected chi connectivity index (χ0v) is 11.9. The number of nitrogens with two attached hydrogens (primary N) is 1. The Kier molecular flexibility index (Phi) is 3.40. The van der Waals surface area contributed by atoms with Gasteiger partial charge < -0.3 is 16.2 Å². The smallest absolute Gasteiger partial charge is 0.134 e. The molecule has 20 heavy (non-hydrogen) atoms. The number of nitrogens with zero attached hydrogens (tertiary/aromatic N) is 2. The summed E-state index contributed by atoms with van der Waals surface area (Å²) in [6.07, 6.45) is 3.30. The van der Waals surface area contributed by atoms with Crippen LogP contribution in [0.1, 0.15) is 19.8 Å². The third-order valence-electron chi connectivity index (χ3n) is 4.10. The second-order valence-corrected chi connectivity index (χ2v) is 5.82. The van der Waals surface area contributed by atoms with E-state index in [9.17, 15) is 5.11 Å². The van der Waals surface area contributed by atoms with E-state index in [0.717, 1.165) is 17.2 Å². The van der Waals surface area contributed by atoms with Gasteiger partial charge in [0, 0.05) is 17.5 Å². The minimum Gasteiger partial charge on any atom is -0.383 e. The molecule has 5 nitrogen and oxygen atoms in total. The van der Waals surface area contributed by atoms with Crippen LogP contribution in [0, 0.1) is 11.8 Å². The minimum atomic E-state index is -0.571. The Hall–Kier alpha value is -1.59. The van der Waals surface area contributed by atoms with Crippen molar-refractivity contribution in [2.75, 3.05) is 11.1 Å². The highest BCUT2D eigenvalue weighted by Crippen LogP contribution is 2.36. The topological polar surface area (TPSA) is 84.1 Å². The van der Waals surface area contributed by atoms with E-state index in [1.54, 1.807) is 12.3 Å². The number of aromatic nitrogens is 2. The molecule has 3 rings (SSSR count). The van der Waals surface area contributed by atoms with E-state index in [0.29, 0.717) is 28.6 Å². The lowest BCUT2D eigenvalue weighted by molar-refractivity contribution is 0.0394. The van der Waals surface area contributed by atoms with Crippen molar-refractivity contribution in [2.45, 2.75) is 26.0 Å². The van der Waals surface area contributed by atoms with Crippen LogP contribution in [0.5, 0.6) is 0 Å². The van der Waals surface area contributed by atoms with Crippen LogP contribution in [0.25, 0.3) is 10.8 Å². The standard InChI is InChI=1S/C14H17ClN4O/c1-7-2-3-9(7)14(20)19-12-5-8-4-11(15)18-13(16)10(8)6-17-12/h4-7,9,14,20H,2-3H2,1H3,(H2,16,18)(H,17,19). The molecule has 6 heteroatoms. The lowest BCUT2D eigenvalue weighted by atomic mass is 9.74. The average Bonchev–Trinajstić information content (AvgIpc) is 2.36. The summed E-state index contributed by atoms with van der Waals surface area (Å²) in [5.41, 5.74) is 5.80. The van der Waals surface area contributed by atoms with Gasteiger partial charge in [0.2, 0.25) is 0 Å². The van der Waals surface area contributed by atoms with E-state index >= 15 is 0 Å². The molecular weight excluding hydrogens is 276 g/mol. The molecule has 2 aromatic rings. The highest BCUT2D eigenvalue weighted by atomic mass is 35.5. The molecule has 4 N–H and O–H groups in total. The van der Waals surface area contributed by atoms with Crippen LogP contribution in [0.3, 0.4) is 0 Å². The van der Waals surface area contributed by atoms with Crippen LogP contribution >= 0.6 is 11.6 Å². The quantitative estimate of drug-likeness (QED) is 0.598. The fraction of sp³-hybridized carbons (Fsp3) is 0.429. The Morgan fingerprint density at radius 2 is 2.25 bits per heavy atom. The average molecular weight is 293 g/mol. The molecule has 1 saturated carbocycles. The SMILES string of the molecule is CC1CCC1C(O)Nc1cc2cc(Cl)nc(N)c2cn1. The van der Waals surface area contributed by atoms with Crippen LogP contribution in [0.15, 0.2) is 18.3 Å². The molecule has 3 unspecified atom stereocenters. The first-order valence-corrected chi connectivity index (χ1v) is 7.09. The van der Waals surface area contributed by atoms with Gasteiger partial charge in [-0.2, -0.15) is 0 Å². The summed E-state index contributed by atoms with van der Waals surface area (Å²) >= 11 is 5.90. The Bertz CT molecular complexity index is 648. The summed E-state index contributed by atoms with van der Waals surface area (Å²) in [6.45, 7) is 2.15. The van der Waals surface area contributed by atoms with E-state index in [-0.39, 0.29) is 0 Å². The number of aliphatic hydroxyl groups excluding tert-OH is 1. The maximum atomic E-state index is 10.2. The predicted octanol–water partition coefficient (Wildman–Crippen LogP) is 2.64. The molecule has 2 heterocycles. The van der Waals surface area contributed by atoms with Gasteiger partial charge in [0.25, 0.3) is 0 Å². The number of fused-ring (bicyclic) bond motifs is 1. The third kappa shape index (κ3) is 2.39. The fourth-order valence-corrected chi connectivity index (χ4v) is 2.85. The van der Waals surface area contributed by atoms with Crippen LogP contribution < -0.4 is 11.1 Å². The lowest BCUT2D eigenvalue weighted by Crippen LogP contribution is -2.39. The number of nitrogen functional groups attached to an aromatic ring is 1. The maximum Gasteiger partial charge on any atom is 0.134 e. The molecule has 1 aliphatic carbocycles. The molecule has 0 amide bonds. The highest BCUT2D eigenvalue weighted by molar-refractivity contribution is 6.30. The Morgan fingerprint density at radius 1 is 1.45 bits per heavy atom. The number of aliphatic hydroxyl groups is 1. The highest BCUT2D eigenvalue weighted by Gasteiger charge is 2.33. The Labute approximate surface area is 122 Å². The van der Waals surface area contributed by atoms with Crippen molar-refractivity contribution in [2.24, 2.45) is 11.8 Å². The molecule has 1 fully saturated rings. The van der Waals surface area contributed by atoms with Crippen molar-refractivity contribution < 1.29 is 5.11 Å². The van der Waals surface area contributed by atoms with Gasteiger partial charge in [0.15, 0.2) is 0 Å². The van der Waals surface area contributed by atoms with Crippen LogP contribution in [-0.4, -0.2) is 21.3 Å². The number of rotatable bonds is 3. The van der Waals surface area contributed by atoms with Crippen molar-refractivity contribution in [3.05, 3.63) is 23.5 Å². The van der Waals surface area contributed by atoms with Gasteiger partial charge in [0.05, 0.1) is 0 Å². The van der Waals surface area contributed by atoms with E-state index in [1.165, 1.54) is 6.42 Å². The van der Waals surface area contributed by atoms with Gasteiger partial charge in [-0.3, -0.25) is 0 Å². The zero-order chi connectivity index (χ0) is 14.3. The predicted molar refractivity (Wildman–Crippen MR) is 80.5 cm³/mol. The molecule has 1 aliphatic rings. The molecular formula is C14H17ClN4O. The molecule has 0 aromatic carbocycles. The molecule has 0 saturated heterocycles. The van der Waals surface area contributed by atoms with Gasteiger partial charge >= 0.3 is 0 Å².